The first-order valence-corrected chi connectivity index (χ1v) is 12.4. The molecule has 0 heteroatoms. The van der Waals surface area contributed by atoms with Crippen molar-refractivity contribution in [3.05, 3.63) is 167 Å². The third kappa shape index (κ3) is 5.83. The molecule has 4 aromatic carbocycles. The molecular formula is C34H32. The topological polar surface area (TPSA) is 0 Å². The zero-order valence-electron chi connectivity index (χ0n) is 19.7. The van der Waals surface area contributed by atoms with E-state index in [0.717, 1.165) is 25.7 Å². The normalized spacial score (nSPS) is 21.4. The van der Waals surface area contributed by atoms with Crippen LogP contribution >= 0.6 is 0 Å². The van der Waals surface area contributed by atoms with Gasteiger partial charge in [0.2, 0.25) is 0 Å². The van der Waals surface area contributed by atoms with Crippen LogP contribution in [0.25, 0.3) is 0 Å². The van der Waals surface area contributed by atoms with Crippen LogP contribution in [0.15, 0.2) is 145 Å². The molecule has 168 valence electrons. The molecule has 0 heterocycles. The molecule has 0 aliphatic heterocycles. The number of rotatable bonds is 6. The van der Waals surface area contributed by atoms with Gasteiger partial charge in [-0.3, -0.25) is 0 Å². The van der Waals surface area contributed by atoms with Gasteiger partial charge in [-0.05, 0) is 47.9 Å². The molecule has 0 aromatic heterocycles. The number of allylic oxidation sites excluding steroid dienone is 4. The zero-order valence-corrected chi connectivity index (χ0v) is 19.7. The van der Waals surface area contributed by atoms with Crippen molar-refractivity contribution in [1.29, 1.82) is 0 Å². The molecule has 0 amide bonds. The predicted octanol–water partition coefficient (Wildman–Crippen LogP) is 8.69. The third-order valence-corrected chi connectivity index (χ3v) is 6.84. The highest BCUT2D eigenvalue weighted by Crippen LogP contribution is 2.37. The van der Waals surface area contributed by atoms with Gasteiger partial charge in [-0.2, -0.15) is 0 Å². The summed E-state index contributed by atoms with van der Waals surface area (Å²) in [5.41, 5.74) is 8.66. The molecule has 2 atom stereocenters. The van der Waals surface area contributed by atoms with Gasteiger partial charge in [0.05, 0.1) is 0 Å². The van der Waals surface area contributed by atoms with E-state index in [0.29, 0.717) is 11.8 Å². The molecule has 0 N–H and O–H groups in total. The van der Waals surface area contributed by atoms with Crippen LogP contribution in [-0.4, -0.2) is 0 Å². The average Bonchev–Trinajstić information content (AvgIpc) is 2.89. The lowest BCUT2D eigenvalue weighted by Gasteiger charge is -2.26. The fraction of sp³-hybridized carbons (Fsp3) is 0.176. The van der Waals surface area contributed by atoms with Crippen molar-refractivity contribution in [2.45, 2.75) is 37.5 Å². The Morgan fingerprint density at radius 1 is 0.412 bits per heavy atom. The maximum absolute atomic E-state index is 2.58. The van der Waals surface area contributed by atoms with Gasteiger partial charge < -0.3 is 0 Å². The van der Waals surface area contributed by atoms with E-state index in [9.17, 15) is 0 Å². The van der Waals surface area contributed by atoms with Crippen LogP contribution in [0.2, 0.25) is 0 Å². The lowest BCUT2D eigenvalue weighted by Crippen LogP contribution is -2.10. The van der Waals surface area contributed by atoms with E-state index in [4.69, 9.17) is 0 Å². The van der Waals surface area contributed by atoms with Crippen LogP contribution in [0.4, 0.5) is 0 Å². The van der Waals surface area contributed by atoms with Gasteiger partial charge in [-0.1, -0.05) is 145 Å². The van der Waals surface area contributed by atoms with Crippen LogP contribution < -0.4 is 0 Å². The fourth-order valence-electron chi connectivity index (χ4n) is 5.19. The number of hydrogen-bond acceptors (Lipinski definition) is 0. The number of hydrogen-bond donors (Lipinski definition) is 0. The summed E-state index contributed by atoms with van der Waals surface area (Å²) in [6, 6.07) is 43.9. The highest BCUT2D eigenvalue weighted by molar-refractivity contribution is 5.37. The van der Waals surface area contributed by atoms with Gasteiger partial charge in [0, 0.05) is 11.8 Å². The zero-order chi connectivity index (χ0) is 23.0. The molecule has 0 saturated carbocycles. The molecule has 4 aromatic rings. The maximum atomic E-state index is 2.58. The Labute approximate surface area is 204 Å². The Kier molecular flexibility index (Phi) is 7.16. The van der Waals surface area contributed by atoms with Gasteiger partial charge in [-0.25, -0.2) is 0 Å². The standard InChI is InChI=1S/C34H32/c1-5-13-27(14-6-1)21-29-23-33(31-17-9-3-10-18-31)25-30(22-28-15-7-2-8-16-28)26-34(24-29)32-19-11-4-12-20-32/h1-20,23,26,33-34H,21-22,24-25H2/b29-23-,30-26-/t33-,34+/m1/s1. The smallest absolute Gasteiger partial charge is 0.00580 e. The summed E-state index contributed by atoms with van der Waals surface area (Å²) in [4.78, 5) is 0. The molecule has 0 saturated heterocycles. The van der Waals surface area contributed by atoms with Gasteiger partial charge in [0.15, 0.2) is 0 Å². The molecule has 0 unspecified atom stereocenters. The summed E-state index contributed by atoms with van der Waals surface area (Å²) >= 11 is 0. The molecule has 0 bridgehead atoms. The lowest BCUT2D eigenvalue weighted by atomic mass is 9.79. The van der Waals surface area contributed by atoms with E-state index >= 15 is 0 Å². The minimum absolute atomic E-state index is 0.395. The van der Waals surface area contributed by atoms with Crippen LogP contribution in [0.3, 0.4) is 0 Å². The third-order valence-electron chi connectivity index (χ3n) is 6.84. The Morgan fingerprint density at radius 3 is 1.09 bits per heavy atom. The number of benzene rings is 4. The molecule has 0 nitrogen and oxygen atoms in total. The first kappa shape index (κ1) is 22.2. The fourth-order valence-corrected chi connectivity index (χ4v) is 5.19. The van der Waals surface area contributed by atoms with Crippen molar-refractivity contribution in [2.24, 2.45) is 0 Å². The van der Waals surface area contributed by atoms with E-state index in [1.807, 2.05) is 0 Å². The summed E-state index contributed by atoms with van der Waals surface area (Å²) in [6.45, 7) is 0. The molecular weight excluding hydrogens is 408 g/mol. The largest absolute Gasteiger partial charge is 0.0771 e. The minimum Gasteiger partial charge on any atom is -0.0771 e. The first-order valence-electron chi connectivity index (χ1n) is 12.4. The van der Waals surface area contributed by atoms with Gasteiger partial charge >= 0.3 is 0 Å². The van der Waals surface area contributed by atoms with Crippen molar-refractivity contribution >= 4 is 0 Å². The Hall–Kier alpha value is -3.64. The van der Waals surface area contributed by atoms with E-state index in [2.05, 4.69) is 133 Å². The highest BCUT2D eigenvalue weighted by Gasteiger charge is 2.21. The van der Waals surface area contributed by atoms with Crippen molar-refractivity contribution in [2.75, 3.05) is 0 Å². The van der Waals surface area contributed by atoms with Crippen LogP contribution in [0, 0.1) is 0 Å². The lowest BCUT2D eigenvalue weighted by molar-refractivity contribution is 0.714. The summed E-state index contributed by atoms with van der Waals surface area (Å²) in [7, 11) is 0. The molecule has 5 rings (SSSR count). The van der Waals surface area contributed by atoms with Crippen molar-refractivity contribution in [3.63, 3.8) is 0 Å². The summed E-state index contributed by atoms with van der Waals surface area (Å²) in [5, 5.41) is 0. The van der Waals surface area contributed by atoms with E-state index in [-0.39, 0.29) is 0 Å². The van der Waals surface area contributed by atoms with E-state index < -0.39 is 0 Å². The molecule has 0 spiro atoms. The Balaban J connectivity index is 1.54. The summed E-state index contributed by atoms with van der Waals surface area (Å²) in [6.07, 6.45) is 9.29. The first-order chi connectivity index (χ1) is 16.8. The Bertz CT molecular complexity index is 1120. The molecule has 34 heavy (non-hydrogen) atoms. The molecule has 0 fully saturated rings. The van der Waals surface area contributed by atoms with E-state index in [1.54, 1.807) is 0 Å². The van der Waals surface area contributed by atoms with Crippen molar-refractivity contribution < 1.29 is 0 Å². The molecule has 1 aliphatic carbocycles. The summed E-state index contributed by atoms with van der Waals surface area (Å²) in [5.74, 6) is 0.790. The monoisotopic (exact) mass is 440 g/mol. The second kappa shape index (κ2) is 11.0. The van der Waals surface area contributed by atoms with Crippen LogP contribution in [-0.2, 0) is 12.8 Å². The summed E-state index contributed by atoms with van der Waals surface area (Å²) < 4.78 is 0. The average molecular weight is 441 g/mol. The van der Waals surface area contributed by atoms with Crippen molar-refractivity contribution in [1.82, 2.24) is 0 Å². The molecule has 0 radical (unpaired) electrons. The van der Waals surface area contributed by atoms with Gasteiger partial charge in [0.1, 0.15) is 0 Å². The molecule has 1 aliphatic rings. The van der Waals surface area contributed by atoms with Crippen LogP contribution in [0.1, 0.15) is 46.9 Å². The van der Waals surface area contributed by atoms with E-state index in [1.165, 1.54) is 33.4 Å². The van der Waals surface area contributed by atoms with Crippen molar-refractivity contribution in [3.8, 4) is 0 Å². The predicted molar refractivity (Wildman–Crippen MR) is 144 cm³/mol. The van der Waals surface area contributed by atoms with Gasteiger partial charge in [-0.15, -0.1) is 0 Å². The Morgan fingerprint density at radius 2 is 0.735 bits per heavy atom. The van der Waals surface area contributed by atoms with Crippen LogP contribution in [0.5, 0.6) is 0 Å². The highest BCUT2D eigenvalue weighted by atomic mass is 14.3. The second-order valence-electron chi connectivity index (χ2n) is 9.42. The maximum Gasteiger partial charge on any atom is 0.00580 e. The van der Waals surface area contributed by atoms with Gasteiger partial charge in [0.25, 0.3) is 0 Å². The second-order valence-corrected chi connectivity index (χ2v) is 9.42. The SMILES string of the molecule is C1=C(/Cc2ccccc2)C[C@H](c2ccccc2)/C=C(/Cc2ccccc2)C[C@@H]/1c1ccccc1. The quantitative estimate of drug-likeness (QED) is 0.263. The minimum atomic E-state index is 0.395.